The lowest BCUT2D eigenvalue weighted by atomic mass is 9.82. The molecule has 1 aromatic carbocycles. The Bertz CT molecular complexity index is 1090. The van der Waals surface area contributed by atoms with Gasteiger partial charge in [0, 0.05) is 33.0 Å². The normalized spacial score (nSPS) is 18.7. The Kier molecular flexibility index (Phi) is 15.3. The highest BCUT2D eigenvalue weighted by molar-refractivity contribution is 5.91. The highest BCUT2D eigenvalue weighted by atomic mass is 16.3. The fraction of sp³-hybridized carbons (Fsp3) is 0.694. The Hall–Kier alpha value is -2.93. The van der Waals surface area contributed by atoms with Crippen LogP contribution in [0.2, 0.25) is 0 Å². The highest BCUT2D eigenvalue weighted by Crippen LogP contribution is 2.36. The minimum absolute atomic E-state index is 0.00350. The van der Waals surface area contributed by atoms with Crippen molar-refractivity contribution < 1.29 is 24.6 Å². The Labute approximate surface area is 270 Å². The standard InChI is InChI=1S/C36H56N4O5/c1-5-14-30(36(45)38-31(24-27-17-12-9-13-18-27)34(43)33(42)28-19-20-28)37-35(44)29(23-26-15-10-8-11-16-26)25-32(41)39(4)21-22-40(6-2)7-3/h1,8,10-11,15-16,27-31,33-34,42-43H,6-7,9,12-14,17-25H2,2-4H3,(H,37,44)(H,38,45)/t29?,30-,31?,33?,34+/m0/s1. The quantitative estimate of drug-likeness (QED) is 0.176. The van der Waals surface area contributed by atoms with E-state index in [4.69, 9.17) is 6.42 Å². The Balaban J connectivity index is 1.72. The number of carbonyl (C=O) groups excluding carboxylic acids is 3. The molecule has 0 aliphatic heterocycles. The van der Waals surface area contributed by atoms with Crippen molar-refractivity contribution in [2.45, 2.75) is 109 Å². The number of hydrogen-bond acceptors (Lipinski definition) is 6. The second kappa shape index (κ2) is 18.9. The van der Waals surface area contributed by atoms with E-state index >= 15 is 0 Å². The van der Waals surface area contributed by atoms with E-state index in [0.29, 0.717) is 25.3 Å². The van der Waals surface area contributed by atoms with Crippen LogP contribution in [-0.4, -0.2) is 95.3 Å². The summed E-state index contributed by atoms with van der Waals surface area (Å²) >= 11 is 0. The van der Waals surface area contributed by atoms with E-state index in [1.54, 1.807) is 11.9 Å². The maximum atomic E-state index is 13.8. The summed E-state index contributed by atoms with van der Waals surface area (Å²) in [5.74, 6) is 1.17. The Morgan fingerprint density at radius 2 is 1.62 bits per heavy atom. The van der Waals surface area contributed by atoms with Gasteiger partial charge < -0.3 is 30.6 Å². The molecule has 2 saturated carbocycles. The molecule has 4 N–H and O–H groups in total. The number of terminal acetylenes is 1. The maximum Gasteiger partial charge on any atom is 0.243 e. The van der Waals surface area contributed by atoms with Crippen molar-refractivity contribution in [1.82, 2.24) is 20.4 Å². The van der Waals surface area contributed by atoms with E-state index in [-0.39, 0.29) is 24.7 Å². The molecule has 9 heteroatoms. The fourth-order valence-electron chi connectivity index (χ4n) is 6.40. The van der Waals surface area contributed by atoms with Gasteiger partial charge in [-0.1, -0.05) is 76.3 Å². The van der Waals surface area contributed by atoms with Crippen LogP contribution >= 0.6 is 0 Å². The molecule has 0 aromatic heterocycles. The van der Waals surface area contributed by atoms with Crippen LogP contribution in [0.3, 0.4) is 0 Å². The van der Waals surface area contributed by atoms with Gasteiger partial charge in [-0.15, -0.1) is 12.3 Å². The third-order valence-corrected chi connectivity index (χ3v) is 9.65. The molecule has 2 aliphatic carbocycles. The average Bonchev–Trinajstić information content (AvgIpc) is 3.90. The Morgan fingerprint density at radius 1 is 0.956 bits per heavy atom. The van der Waals surface area contributed by atoms with Crippen LogP contribution in [0.1, 0.15) is 83.6 Å². The molecule has 1 aromatic rings. The van der Waals surface area contributed by atoms with Gasteiger partial charge in [0.1, 0.15) is 12.1 Å². The number of nitrogens with zero attached hydrogens (tertiary/aromatic N) is 2. The van der Waals surface area contributed by atoms with Crippen LogP contribution < -0.4 is 10.6 Å². The van der Waals surface area contributed by atoms with Gasteiger partial charge in [0.15, 0.2) is 0 Å². The number of aliphatic hydroxyl groups excluding tert-OH is 2. The number of nitrogens with one attached hydrogen (secondary N) is 2. The molecule has 45 heavy (non-hydrogen) atoms. The lowest BCUT2D eigenvalue weighted by molar-refractivity contribution is -0.137. The van der Waals surface area contributed by atoms with Crippen molar-refractivity contribution in [3.8, 4) is 12.3 Å². The van der Waals surface area contributed by atoms with E-state index in [1.807, 2.05) is 30.3 Å². The molecule has 0 heterocycles. The topological polar surface area (TPSA) is 122 Å². The summed E-state index contributed by atoms with van der Waals surface area (Å²) in [6, 6.07) is 7.85. The van der Waals surface area contributed by atoms with Crippen LogP contribution in [0.25, 0.3) is 0 Å². The zero-order valence-electron chi connectivity index (χ0n) is 27.6. The molecular weight excluding hydrogens is 568 g/mol. The van der Waals surface area contributed by atoms with Gasteiger partial charge in [-0.3, -0.25) is 14.4 Å². The first kappa shape index (κ1) is 36.5. The summed E-state index contributed by atoms with van der Waals surface area (Å²) in [4.78, 5) is 44.6. The predicted molar refractivity (Wildman–Crippen MR) is 177 cm³/mol. The first-order chi connectivity index (χ1) is 21.7. The van der Waals surface area contributed by atoms with Crippen LogP contribution in [0.5, 0.6) is 0 Å². The van der Waals surface area contributed by atoms with Crippen molar-refractivity contribution in [3.05, 3.63) is 35.9 Å². The lowest BCUT2D eigenvalue weighted by Gasteiger charge is -2.33. The largest absolute Gasteiger partial charge is 0.390 e. The van der Waals surface area contributed by atoms with Crippen LogP contribution in [0.15, 0.2) is 30.3 Å². The van der Waals surface area contributed by atoms with E-state index in [0.717, 1.165) is 63.7 Å². The zero-order valence-corrected chi connectivity index (χ0v) is 27.6. The Morgan fingerprint density at radius 3 is 2.22 bits per heavy atom. The average molecular weight is 625 g/mol. The number of hydrogen-bond donors (Lipinski definition) is 4. The summed E-state index contributed by atoms with van der Waals surface area (Å²) < 4.78 is 0. The molecule has 0 radical (unpaired) electrons. The number of rotatable bonds is 19. The summed E-state index contributed by atoms with van der Waals surface area (Å²) in [7, 11) is 1.76. The van der Waals surface area contributed by atoms with Gasteiger partial charge in [-0.05, 0) is 56.2 Å². The molecule has 2 aliphatic rings. The first-order valence-electron chi connectivity index (χ1n) is 17.1. The smallest absolute Gasteiger partial charge is 0.243 e. The van der Waals surface area contributed by atoms with E-state index in [9.17, 15) is 24.6 Å². The molecule has 3 unspecified atom stereocenters. The van der Waals surface area contributed by atoms with Gasteiger partial charge in [0.05, 0.1) is 18.1 Å². The van der Waals surface area contributed by atoms with Crippen molar-refractivity contribution in [2.75, 3.05) is 33.2 Å². The van der Waals surface area contributed by atoms with E-state index in [1.165, 1.54) is 6.42 Å². The SMILES string of the molecule is C#CC[C@H](NC(=O)C(CC(=O)N(C)CCN(CC)CC)Cc1ccccc1)C(=O)NC(CC1CCCCC1)[C@@H](O)C(O)C1CC1. The maximum absolute atomic E-state index is 13.8. The number of carbonyl (C=O) groups is 3. The summed E-state index contributed by atoms with van der Waals surface area (Å²) in [5, 5.41) is 27.7. The summed E-state index contributed by atoms with van der Waals surface area (Å²) in [5.41, 5.74) is 0.916. The number of benzene rings is 1. The van der Waals surface area contributed by atoms with Crippen LogP contribution in [0.4, 0.5) is 0 Å². The zero-order chi connectivity index (χ0) is 32.8. The molecule has 0 saturated heterocycles. The van der Waals surface area contributed by atoms with Crippen molar-refractivity contribution >= 4 is 17.7 Å². The minimum Gasteiger partial charge on any atom is -0.390 e. The molecule has 250 valence electrons. The molecule has 9 nitrogen and oxygen atoms in total. The van der Waals surface area contributed by atoms with Gasteiger partial charge in [-0.25, -0.2) is 0 Å². The number of likely N-dealkylation sites (N-methyl/N-ethyl adjacent to an activating group) is 2. The first-order valence-corrected chi connectivity index (χ1v) is 17.1. The van der Waals surface area contributed by atoms with Crippen LogP contribution in [0, 0.1) is 30.1 Å². The molecule has 3 amide bonds. The summed E-state index contributed by atoms with van der Waals surface area (Å²) in [6.45, 7) is 7.27. The third-order valence-electron chi connectivity index (χ3n) is 9.65. The molecular formula is C36H56N4O5. The molecule has 2 fully saturated rings. The minimum atomic E-state index is -1.10. The van der Waals surface area contributed by atoms with E-state index in [2.05, 4.69) is 35.3 Å². The van der Waals surface area contributed by atoms with Crippen LogP contribution in [-0.2, 0) is 20.8 Å². The van der Waals surface area contributed by atoms with Crippen molar-refractivity contribution in [3.63, 3.8) is 0 Å². The van der Waals surface area contributed by atoms with E-state index < -0.39 is 42.0 Å². The highest BCUT2D eigenvalue weighted by Gasteiger charge is 2.40. The van der Waals surface area contributed by atoms with Crippen molar-refractivity contribution in [2.24, 2.45) is 17.8 Å². The van der Waals surface area contributed by atoms with Gasteiger partial charge in [-0.2, -0.15) is 0 Å². The molecule has 3 rings (SSSR count). The molecule has 0 spiro atoms. The monoisotopic (exact) mass is 624 g/mol. The summed E-state index contributed by atoms with van der Waals surface area (Å²) in [6.07, 6.45) is 11.7. The van der Waals surface area contributed by atoms with Crippen molar-refractivity contribution in [1.29, 1.82) is 0 Å². The molecule has 0 bridgehead atoms. The van der Waals surface area contributed by atoms with Gasteiger partial charge in [0.25, 0.3) is 0 Å². The number of aliphatic hydroxyl groups is 2. The number of amides is 3. The lowest BCUT2D eigenvalue weighted by Crippen LogP contribution is -2.56. The fourth-order valence-corrected chi connectivity index (χ4v) is 6.40. The third kappa shape index (κ3) is 12.1. The van der Waals surface area contributed by atoms with Gasteiger partial charge in [0.2, 0.25) is 17.7 Å². The molecule has 5 atom stereocenters. The second-order valence-electron chi connectivity index (χ2n) is 13.1. The second-order valence-corrected chi connectivity index (χ2v) is 13.1. The predicted octanol–water partition coefficient (Wildman–Crippen LogP) is 3.13. The van der Waals surface area contributed by atoms with Gasteiger partial charge >= 0.3 is 0 Å².